The summed E-state index contributed by atoms with van der Waals surface area (Å²) >= 11 is 6.16. The van der Waals surface area contributed by atoms with Crippen LogP contribution < -0.4 is 5.32 Å². The van der Waals surface area contributed by atoms with E-state index in [0.29, 0.717) is 11.7 Å². The zero-order chi connectivity index (χ0) is 14.7. The van der Waals surface area contributed by atoms with E-state index in [4.69, 9.17) is 11.6 Å². The lowest BCUT2D eigenvalue weighted by Crippen LogP contribution is -2.07. The number of nitrogens with one attached hydrogen (secondary N) is 1. The summed E-state index contributed by atoms with van der Waals surface area (Å²) in [5.74, 6) is 1.59. The standard InChI is InChI=1S/C14H20ClN5/c1-5-6-12-17-13(15)9(2)14(18-12)16-7-11-8-20(4)19-10(11)3/h8H,5-7H2,1-4H3,(H,16,17,18). The molecule has 20 heavy (non-hydrogen) atoms. The maximum Gasteiger partial charge on any atom is 0.137 e. The van der Waals surface area contributed by atoms with Crippen LogP contribution in [0, 0.1) is 13.8 Å². The van der Waals surface area contributed by atoms with Crippen LogP contribution in [-0.4, -0.2) is 19.7 Å². The maximum absolute atomic E-state index is 6.16. The molecule has 0 amide bonds. The molecule has 1 N–H and O–H groups in total. The summed E-state index contributed by atoms with van der Waals surface area (Å²) < 4.78 is 1.81. The van der Waals surface area contributed by atoms with E-state index in [9.17, 15) is 0 Å². The van der Waals surface area contributed by atoms with Gasteiger partial charge in [0.1, 0.15) is 16.8 Å². The van der Waals surface area contributed by atoms with Crippen molar-refractivity contribution in [3.8, 4) is 0 Å². The van der Waals surface area contributed by atoms with E-state index in [0.717, 1.165) is 41.3 Å². The molecule has 5 nitrogen and oxygen atoms in total. The largest absolute Gasteiger partial charge is 0.365 e. The Balaban J connectivity index is 2.18. The zero-order valence-corrected chi connectivity index (χ0v) is 13.1. The minimum atomic E-state index is 0.522. The van der Waals surface area contributed by atoms with Gasteiger partial charge in [-0.05, 0) is 20.3 Å². The van der Waals surface area contributed by atoms with Gasteiger partial charge in [-0.25, -0.2) is 9.97 Å². The van der Waals surface area contributed by atoms with E-state index < -0.39 is 0 Å². The van der Waals surface area contributed by atoms with Gasteiger partial charge in [-0.2, -0.15) is 5.10 Å². The average molecular weight is 294 g/mol. The molecule has 0 aliphatic heterocycles. The smallest absolute Gasteiger partial charge is 0.137 e. The summed E-state index contributed by atoms with van der Waals surface area (Å²) in [4.78, 5) is 8.84. The van der Waals surface area contributed by atoms with Gasteiger partial charge < -0.3 is 5.32 Å². The van der Waals surface area contributed by atoms with Crippen LogP contribution in [0.25, 0.3) is 0 Å². The van der Waals surface area contributed by atoms with E-state index in [-0.39, 0.29) is 0 Å². The van der Waals surface area contributed by atoms with Crippen molar-refractivity contribution in [2.45, 2.75) is 40.2 Å². The Kier molecular flexibility index (Phi) is 4.60. The van der Waals surface area contributed by atoms with Crippen LogP contribution >= 0.6 is 11.6 Å². The first kappa shape index (κ1) is 14.8. The molecule has 2 rings (SSSR count). The van der Waals surface area contributed by atoms with Gasteiger partial charge in [0.05, 0.1) is 5.69 Å². The SMILES string of the molecule is CCCc1nc(Cl)c(C)c(NCc2cn(C)nc2C)n1. The van der Waals surface area contributed by atoms with Gasteiger partial charge >= 0.3 is 0 Å². The highest BCUT2D eigenvalue weighted by Gasteiger charge is 2.10. The van der Waals surface area contributed by atoms with Crippen molar-refractivity contribution in [2.75, 3.05) is 5.32 Å². The highest BCUT2D eigenvalue weighted by Crippen LogP contribution is 2.21. The van der Waals surface area contributed by atoms with Crippen LogP contribution in [0.1, 0.15) is 36.0 Å². The molecule has 0 aliphatic carbocycles. The molecule has 0 radical (unpaired) electrons. The number of nitrogens with zero attached hydrogens (tertiary/aromatic N) is 4. The Morgan fingerprint density at radius 3 is 2.65 bits per heavy atom. The third-order valence-corrected chi connectivity index (χ3v) is 3.54. The molecule has 0 atom stereocenters. The van der Waals surface area contributed by atoms with Crippen LogP contribution in [-0.2, 0) is 20.0 Å². The first-order valence-corrected chi connectivity index (χ1v) is 7.15. The second-order valence-electron chi connectivity index (χ2n) is 4.92. The second-order valence-corrected chi connectivity index (χ2v) is 5.28. The minimum Gasteiger partial charge on any atom is -0.365 e. The van der Waals surface area contributed by atoms with Crippen molar-refractivity contribution < 1.29 is 0 Å². The summed E-state index contributed by atoms with van der Waals surface area (Å²) in [5.41, 5.74) is 3.05. The molecule has 0 fully saturated rings. The number of aromatic nitrogens is 4. The molecule has 108 valence electrons. The number of aryl methyl sites for hydroxylation is 3. The Bertz CT molecular complexity index is 606. The monoisotopic (exact) mass is 293 g/mol. The molecule has 2 heterocycles. The quantitative estimate of drug-likeness (QED) is 0.861. The van der Waals surface area contributed by atoms with Crippen molar-refractivity contribution in [2.24, 2.45) is 7.05 Å². The van der Waals surface area contributed by atoms with Crippen molar-refractivity contribution >= 4 is 17.4 Å². The average Bonchev–Trinajstić information content (AvgIpc) is 2.71. The number of rotatable bonds is 5. The molecule has 0 spiro atoms. The van der Waals surface area contributed by atoms with Gasteiger partial charge in [-0.15, -0.1) is 0 Å². The Hall–Kier alpha value is -1.62. The molecule has 0 aliphatic rings. The topological polar surface area (TPSA) is 55.6 Å². The fraction of sp³-hybridized carbons (Fsp3) is 0.500. The summed E-state index contributed by atoms with van der Waals surface area (Å²) in [6, 6.07) is 0. The van der Waals surface area contributed by atoms with E-state index in [2.05, 4.69) is 27.3 Å². The predicted molar refractivity (Wildman–Crippen MR) is 81.0 cm³/mol. The first-order chi connectivity index (χ1) is 9.51. The van der Waals surface area contributed by atoms with Crippen molar-refractivity contribution in [3.05, 3.63) is 34.0 Å². The summed E-state index contributed by atoms with van der Waals surface area (Å²) in [7, 11) is 1.92. The van der Waals surface area contributed by atoms with E-state index in [1.54, 1.807) is 0 Å². The number of hydrogen-bond acceptors (Lipinski definition) is 4. The van der Waals surface area contributed by atoms with Crippen LogP contribution in [0.5, 0.6) is 0 Å². The summed E-state index contributed by atoms with van der Waals surface area (Å²) in [6.45, 7) is 6.71. The molecule has 0 saturated carbocycles. The van der Waals surface area contributed by atoms with Crippen LogP contribution in [0.15, 0.2) is 6.20 Å². The van der Waals surface area contributed by atoms with Gasteiger partial charge in [0.25, 0.3) is 0 Å². The minimum absolute atomic E-state index is 0.522. The number of halogens is 1. The van der Waals surface area contributed by atoms with E-state index in [1.165, 1.54) is 0 Å². The molecule has 2 aromatic rings. The Labute approximate surface area is 124 Å². The second kappa shape index (κ2) is 6.22. The van der Waals surface area contributed by atoms with Crippen LogP contribution in [0.3, 0.4) is 0 Å². The number of anilines is 1. The lowest BCUT2D eigenvalue weighted by molar-refractivity contribution is 0.756. The molecular weight excluding hydrogens is 274 g/mol. The summed E-state index contributed by atoms with van der Waals surface area (Å²) in [5, 5.41) is 8.18. The number of hydrogen-bond donors (Lipinski definition) is 1. The summed E-state index contributed by atoms with van der Waals surface area (Å²) in [6.07, 6.45) is 3.84. The van der Waals surface area contributed by atoms with Gasteiger partial charge in [0.15, 0.2) is 0 Å². The molecule has 6 heteroatoms. The highest BCUT2D eigenvalue weighted by atomic mass is 35.5. The van der Waals surface area contributed by atoms with Crippen molar-refractivity contribution in [1.82, 2.24) is 19.7 Å². The van der Waals surface area contributed by atoms with E-state index in [1.807, 2.05) is 31.8 Å². The Morgan fingerprint density at radius 1 is 1.30 bits per heavy atom. The molecule has 0 aromatic carbocycles. The van der Waals surface area contributed by atoms with Gasteiger partial charge in [-0.1, -0.05) is 18.5 Å². The van der Waals surface area contributed by atoms with Gasteiger partial charge in [0.2, 0.25) is 0 Å². The van der Waals surface area contributed by atoms with E-state index >= 15 is 0 Å². The fourth-order valence-electron chi connectivity index (χ4n) is 2.04. The molecule has 0 unspecified atom stereocenters. The van der Waals surface area contributed by atoms with Crippen molar-refractivity contribution in [3.63, 3.8) is 0 Å². The Morgan fingerprint density at radius 2 is 2.05 bits per heavy atom. The molecular formula is C14H20ClN5. The normalized spacial score (nSPS) is 10.8. The third-order valence-electron chi connectivity index (χ3n) is 3.17. The van der Waals surface area contributed by atoms with Crippen LogP contribution in [0.4, 0.5) is 5.82 Å². The lowest BCUT2D eigenvalue weighted by atomic mass is 10.2. The predicted octanol–water partition coefficient (Wildman–Crippen LogP) is 3.04. The maximum atomic E-state index is 6.16. The molecule has 2 aromatic heterocycles. The lowest BCUT2D eigenvalue weighted by Gasteiger charge is -2.11. The molecule has 0 bridgehead atoms. The zero-order valence-electron chi connectivity index (χ0n) is 12.4. The molecule has 0 saturated heterocycles. The highest BCUT2D eigenvalue weighted by molar-refractivity contribution is 6.30. The third kappa shape index (κ3) is 3.28. The van der Waals surface area contributed by atoms with Gasteiger partial charge in [0, 0.05) is 37.3 Å². The van der Waals surface area contributed by atoms with Crippen molar-refractivity contribution in [1.29, 1.82) is 0 Å². The first-order valence-electron chi connectivity index (χ1n) is 6.77. The van der Waals surface area contributed by atoms with Crippen LogP contribution in [0.2, 0.25) is 5.15 Å². The fourth-order valence-corrected chi connectivity index (χ4v) is 2.23. The van der Waals surface area contributed by atoms with Gasteiger partial charge in [-0.3, -0.25) is 4.68 Å².